The topological polar surface area (TPSA) is 58.9 Å². The van der Waals surface area contributed by atoms with Crippen LogP contribution in [-0.2, 0) is 21.0 Å². The minimum absolute atomic E-state index is 0.399. The van der Waals surface area contributed by atoms with Gasteiger partial charge < -0.3 is 19.7 Å². The van der Waals surface area contributed by atoms with Crippen molar-refractivity contribution in [1.82, 2.24) is 0 Å². The molecule has 0 heterocycles. The Balaban J connectivity index is 2.58. The van der Waals surface area contributed by atoms with E-state index in [2.05, 4.69) is 0 Å². The predicted molar refractivity (Wildman–Crippen MR) is 74.7 cm³/mol. The molecule has 0 fully saturated rings. The molecule has 20 heavy (non-hydrogen) atoms. The van der Waals surface area contributed by atoms with Gasteiger partial charge in [0.05, 0.1) is 0 Å². The lowest BCUT2D eigenvalue weighted by atomic mass is 9.90. The highest BCUT2D eigenvalue weighted by molar-refractivity contribution is 5.29. The van der Waals surface area contributed by atoms with Gasteiger partial charge in [0.2, 0.25) is 0 Å². The second-order valence-corrected chi connectivity index (χ2v) is 4.43. The van der Waals surface area contributed by atoms with E-state index in [4.69, 9.17) is 9.47 Å². The zero-order valence-electron chi connectivity index (χ0n) is 11.5. The molecular formula is C16H18O4. The molecule has 0 aromatic heterocycles. The van der Waals surface area contributed by atoms with Crippen molar-refractivity contribution in [3.63, 3.8) is 0 Å². The lowest BCUT2D eigenvalue weighted by Gasteiger charge is -2.41. The Morgan fingerprint density at radius 3 is 1.20 bits per heavy atom. The number of aliphatic hydroxyl groups is 2. The van der Waals surface area contributed by atoms with Crippen LogP contribution in [0.3, 0.4) is 0 Å². The molecule has 2 unspecified atom stereocenters. The average molecular weight is 274 g/mol. The van der Waals surface area contributed by atoms with Gasteiger partial charge in [0.15, 0.2) is 0 Å². The highest BCUT2D eigenvalue weighted by Crippen LogP contribution is 2.41. The summed E-state index contributed by atoms with van der Waals surface area (Å²) in [6.45, 7) is 0. The van der Waals surface area contributed by atoms with Crippen LogP contribution in [0.4, 0.5) is 0 Å². The third kappa shape index (κ3) is 2.23. The number of ether oxygens (including phenoxy) is 2. The van der Waals surface area contributed by atoms with Gasteiger partial charge in [-0.2, -0.15) is 0 Å². The van der Waals surface area contributed by atoms with Gasteiger partial charge in [-0.3, -0.25) is 0 Å². The average Bonchev–Trinajstić information content (AvgIpc) is 2.54. The Hall–Kier alpha value is -1.72. The molecule has 0 bridgehead atoms. The number of benzene rings is 2. The van der Waals surface area contributed by atoms with Crippen molar-refractivity contribution in [2.45, 2.75) is 11.6 Å². The molecule has 0 amide bonds. The van der Waals surface area contributed by atoms with Gasteiger partial charge in [0, 0.05) is 25.3 Å². The molecule has 106 valence electrons. The molecule has 2 aromatic carbocycles. The molecule has 2 rings (SSSR count). The third-order valence-electron chi connectivity index (χ3n) is 3.38. The van der Waals surface area contributed by atoms with Crippen molar-refractivity contribution >= 4 is 0 Å². The summed E-state index contributed by atoms with van der Waals surface area (Å²) >= 11 is 0. The van der Waals surface area contributed by atoms with Crippen LogP contribution in [0.15, 0.2) is 60.7 Å². The normalized spacial score (nSPS) is 17.2. The molecule has 0 radical (unpaired) electrons. The van der Waals surface area contributed by atoms with E-state index in [1.54, 1.807) is 48.5 Å². The molecule has 0 saturated heterocycles. The number of hydrogen-bond acceptors (Lipinski definition) is 4. The quantitative estimate of drug-likeness (QED) is 0.818. The first-order valence-corrected chi connectivity index (χ1v) is 6.24. The maximum absolute atomic E-state index is 10.9. The summed E-state index contributed by atoms with van der Waals surface area (Å²) in [4.78, 5) is 0. The number of rotatable bonds is 5. The minimum Gasteiger partial charge on any atom is -0.357 e. The fourth-order valence-electron chi connectivity index (χ4n) is 2.23. The molecule has 0 aliphatic heterocycles. The van der Waals surface area contributed by atoms with Crippen molar-refractivity contribution in [2.24, 2.45) is 0 Å². The first kappa shape index (κ1) is 14.7. The zero-order chi connectivity index (χ0) is 14.6. The van der Waals surface area contributed by atoms with Gasteiger partial charge in [-0.05, 0) is 0 Å². The summed E-state index contributed by atoms with van der Waals surface area (Å²) in [6.07, 6.45) is 0. The van der Waals surface area contributed by atoms with Crippen LogP contribution in [0, 0.1) is 0 Å². The Kier molecular flexibility index (Phi) is 4.20. The first-order valence-electron chi connectivity index (χ1n) is 6.24. The fraction of sp³-hybridized carbons (Fsp3) is 0.250. The monoisotopic (exact) mass is 274 g/mol. The number of methoxy groups -OCH3 is 2. The summed E-state index contributed by atoms with van der Waals surface area (Å²) in [5.41, 5.74) is 0.798. The number of hydrogen-bond donors (Lipinski definition) is 2. The molecule has 0 aliphatic rings. The molecule has 4 heteroatoms. The van der Waals surface area contributed by atoms with Gasteiger partial charge in [-0.25, -0.2) is 0 Å². The molecule has 2 atom stereocenters. The first-order chi connectivity index (χ1) is 9.58. The van der Waals surface area contributed by atoms with Crippen LogP contribution in [0.1, 0.15) is 11.1 Å². The van der Waals surface area contributed by atoms with E-state index in [1.807, 2.05) is 12.1 Å². The largest absolute Gasteiger partial charge is 0.357 e. The van der Waals surface area contributed by atoms with E-state index >= 15 is 0 Å². The third-order valence-corrected chi connectivity index (χ3v) is 3.38. The second kappa shape index (κ2) is 5.73. The van der Waals surface area contributed by atoms with Gasteiger partial charge in [-0.1, -0.05) is 60.7 Å². The van der Waals surface area contributed by atoms with Crippen LogP contribution in [0.2, 0.25) is 0 Å². The SMILES string of the molecule is COC(O)(c1ccccc1)C(O)(OC)c1ccccc1. The molecule has 0 spiro atoms. The van der Waals surface area contributed by atoms with Crippen LogP contribution < -0.4 is 0 Å². The fourth-order valence-corrected chi connectivity index (χ4v) is 2.23. The van der Waals surface area contributed by atoms with Crippen molar-refractivity contribution in [1.29, 1.82) is 0 Å². The molecule has 2 aromatic rings. The van der Waals surface area contributed by atoms with E-state index in [-0.39, 0.29) is 0 Å². The van der Waals surface area contributed by atoms with Crippen LogP contribution in [0.25, 0.3) is 0 Å². The Labute approximate surface area is 118 Å². The van der Waals surface area contributed by atoms with Crippen LogP contribution >= 0.6 is 0 Å². The lowest BCUT2D eigenvalue weighted by Crippen LogP contribution is -2.52. The summed E-state index contributed by atoms with van der Waals surface area (Å²) < 4.78 is 10.4. The van der Waals surface area contributed by atoms with E-state index in [0.717, 1.165) is 0 Å². The van der Waals surface area contributed by atoms with Crippen molar-refractivity contribution in [2.75, 3.05) is 14.2 Å². The molecule has 0 aliphatic carbocycles. The van der Waals surface area contributed by atoms with Gasteiger partial charge in [0.1, 0.15) is 0 Å². The Morgan fingerprint density at radius 2 is 0.950 bits per heavy atom. The summed E-state index contributed by atoms with van der Waals surface area (Å²) in [7, 11) is 2.64. The highest BCUT2D eigenvalue weighted by Gasteiger charge is 2.53. The lowest BCUT2D eigenvalue weighted by molar-refractivity contribution is -0.391. The van der Waals surface area contributed by atoms with Crippen molar-refractivity contribution < 1.29 is 19.7 Å². The van der Waals surface area contributed by atoms with Crippen molar-refractivity contribution in [3.8, 4) is 0 Å². The van der Waals surface area contributed by atoms with Gasteiger partial charge in [-0.15, -0.1) is 0 Å². The van der Waals surface area contributed by atoms with E-state index in [0.29, 0.717) is 11.1 Å². The van der Waals surface area contributed by atoms with E-state index < -0.39 is 11.6 Å². The molecular weight excluding hydrogens is 256 g/mol. The Morgan fingerprint density at radius 1 is 0.650 bits per heavy atom. The maximum Gasteiger partial charge on any atom is 0.253 e. The van der Waals surface area contributed by atoms with E-state index in [9.17, 15) is 10.2 Å². The maximum atomic E-state index is 10.9. The van der Waals surface area contributed by atoms with Crippen LogP contribution in [0.5, 0.6) is 0 Å². The summed E-state index contributed by atoms with van der Waals surface area (Å²) in [5.74, 6) is -4.05. The second-order valence-electron chi connectivity index (χ2n) is 4.43. The molecule has 4 nitrogen and oxygen atoms in total. The van der Waals surface area contributed by atoms with Gasteiger partial charge in [0.25, 0.3) is 11.6 Å². The van der Waals surface area contributed by atoms with Crippen molar-refractivity contribution in [3.05, 3.63) is 71.8 Å². The Bertz CT molecular complexity index is 491. The molecule has 0 saturated carbocycles. The van der Waals surface area contributed by atoms with E-state index in [1.165, 1.54) is 14.2 Å². The smallest absolute Gasteiger partial charge is 0.253 e. The van der Waals surface area contributed by atoms with Crippen LogP contribution in [-0.4, -0.2) is 24.4 Å². The molecule has 2 N–H and O–H groups in total. The van der Waals surface area contributed by atoms with Gasteiger partial charge >= 0.3 is 0 Å². The predicted octanol–water partition coefficient (Wildman–Crippen LogP) is 1.97. The standard InChI is InChI=1S/C16H18O4/c1-19-15(17,13-9-5-3-6-10-13)16(18,20-2)14-11-7-4-8-12-14/h3-12,17-18H,1-2H3. The zero-order valence-corrected chi connectivity index (χ0v) is 11.5. The summed E-state index contributed by atoms with van der Waals surface area (Å²) in [5, 5.41) is 21.7. The minimum atomic E-state index is -2.02. The summed E-state index contributed by atoms with van der Waals surface area (Å²) in [6, 6.07) is 17.3. The highest BCUT2D eigenvalue weighted by atomic mass is 16.7.